The molecule has 5 nitrogen and oxygen atoms in total. The van der Waals surface area contributed by atoms with E-state index in [2.05, 4.69) is 46.6 Å². The molecule has 1 aliphatic carbocycles. The minimum Gasteiger partial charge on any atom is -0.497 e. The van der Waals surface area contributed by atoms with Gasteiger partial charge in [-0.15, -0.1) is 21.9 Å². The van der Waals surface area contributed by atoms with E-state index in [1.807, 2.05) is 4.90 Å². The summed E-state index contributed by atoms with van der Waals surface area (Å²) in [5, 5.41) is 0. The van der Waals surface area contributed by atoms with Gasteiger partial charge < -0.3 is 23.8 Å². The molecule has 0 heterocycles. The van der Waals surface area contributed by atoms with E-state index in [4.69, 9.17) is 0 Å². The van der Waals surface area contributed by atoms with Crippen LogP contribution in [0.15, 0.2) is 0 Å². The Hall–Kier alpha value is -5.02. The highest BCUT2D eigenvalue weighted by atomic mass is 19.2. The van der Waals surface area contributed by atoms with Crippen LogP contribution >= 0.6 is 0 Å². The standard InChI is InChI=1S/C28H12BF16O4.C12H25N/c1-46-25-5(9(30)13(34)17(38)21(25)42)29(6-10(31)14(35)18(39)22(43)26(6)47-2,7-11(32)15(36)19(40)23(44)27(7)48-3)8-12(33)16(37)20(41)24(45)28(8)49-4;1-10(2)13(11(3)4)12-8-6-5-7-9-12/h1-4H3;10-12H,5-9H2,1-4H3/q-1;/p+1. The third kappa shape index (κ3) is 7.84. The molecule has 0 aromatic heterocycles. The van der Waals surface area contributed by atoms with Crippen LogP contribution in [0.1, 0.15) is 59.8 Å². The van der Waals surface area contributed by atoms with Crippen LogP contribution in [-0.4, -0.2) is 52.7 Å². The molecule has 62 heavy (non-hydrogen) atoms. The number of nitrogens with one attached hydrogen (secondary N) is 1. The van der Waals surface area contributed by atoms with Gasteiger partial charge in [0.15, 0.2) is 23.3 Å². The van der Waals surface area contributed by atoms with Crippen molar-refractivity contribution in [3.05, 3.63) is 93.1 Å². The molecule has 22 heteroatoms. The summed E-state index contributed by atoms with van der Waals surface area (Å²) >= 11 is 0. The van der Waals surface area contributed by atoms with Gasteiger partial charge in [-0.25, -0.2) is 52.7 Å². The van der Waals surface area contributed by atoms with Gasteiger partial charge in [-0.2, -0.15) is 17.6 Å². The smallest absolute Gasteiger partial charge is 0.201 e. The molecule has 0 spiro atoms. The monoisotopic (exact) mass is 911 g/mol. The zero-order chi connectivity index (χ0) is 47.0. The van der Waals surface area contributed by atoms with Crippen LogP contribution < -0.4 is 45.7 Å². The molecule has 0 amide bonds. The second kappa shape index (κ2) is 19.2. The van der Waals surface area contributed by atoms with E-state index in [1.54, 1.807) is 0 Å². The summed E-state index contributed by atoms with van der Waals surface area (Å²) in [6, 6.07) is 2.54. The van der Waals surface area contributed by atoms with Crippen molar-refractivity contribution >= 4 is 28.0 Å². The van der Waals surface area contributed by atoms with Crippen molar-refractivity contribution in [1.29, 1.82) is 0 Å². The average molecular weight is 912 g/mol. The van der Waals surface area contributed by atoms with Gasteiger partial charge in [-0.1, -0.05) is 6.42 Å². The Kier molecular flexibility index (Phi) is 15.3. The van der Waals surface area contributed by atoms with Gasteiger partial charge in [0.25, 0.3) is 0 Å². The van der Waals surface area contributed by atoms with Gasteiger partial charge in [-0.3, -0.25) is 0 Å². The molecule has 1 N–H and O–H groups in total. The lowest BCUT2D eigenvalue weighted by molar-refractivity contribution is -0.967. The molecule has 1 aliphatic rings. The van der Waals surface area contributed by atoms with Crippen LogP contribution in [0, 0.1) is 93.1 Å². The van der Waals surface area contributed by atoms with Crippen LogP contribution in [0.5, 0.6) is 23.0 Å². The molecule has 4 aromatic rings. The van der Waals surface area contributed by atoms with Gasteiger partial charge >= 0.3 is 0 Å². The molecule has 0 saturated heterocycles. The summed E-state index contributed by atoms with van der Waals surface area (Å²) in [5.74, 6) is -56.6. The lowest BCUT2D eigenvalue weighted by Gasteiger charge is -2.46. The number of rotatable bonds is 11. The van der Waals surface area contributed by atoms with Crippen molar-refractivity contribution < 1.29 is 94.1 Å². The molecule has 0 unspecified atom stereocenters. The first-order chi connectivity index (χ1) is 29.0. The highest BCUT2D eigenvalue weighted by Gasteiger charge is 2.53. The first-order valence-electron chi connectivity index (χ1n) is 18.6. The Labute approximate surface area is 344 Å². The fourth-order valence-corrected chi connectivity index (χ4v) is 8.77. The molecule has 5 rings (SSSR count). The molecule has 0 aliphatic heterocycles. The molecule has 0 bridgehead atoms. The van der Waals surface area contributed by atoms with Crippen molar-refractivity contribution in [3.8, 4) is 23.0 Å². The Morgan fingerprint density at radius 2 is 0.565 bits per heavy atom. The van der Waals surface area contributed by atoms with E-state index in [0.717, 1.165) is 18.1 Å². The van der Waals surface area contributed by atoms with Crippen molar-refractivity contribution in [3.63, 3.8) is 0 Å². The second-order valence-corrected chi connectivity index (χ2v) is 14.8. The van der Waals surface area contributed by atoms with E-state index in [-0.39, 0.29) is 28.4 Å². The fraction of sp³-hybridized carbons (Fsp3) is 0.400. The Morgan fingerprint density at radius 3 is 0.758 bits per heavy atom. The molecular formula is C40H38BF16NO4. The zero-order valence-corrected chi connectivity index (χ0v) is 34.0. The highest BCUT2D eigenvalue weighted by Crippen LogP contribution is 2.38. The number of methoxy groups -OCH3 is 4. The van der Waals surface area contributed by atoms with Crippen LogP contribution in [0.2, 0.25) is 0 Å². The average Bonchev–Trinajstić information content (AvgIpc) is 3.24. The van der Waals surface area contributed by atoms with Gasteiger partial charge in [0.1, 0.15) is 52.4 Å². The number of hydrogen-bond acceptors (Lipinski definition) is 4. The summed E-state index contributed by atoms with van der Waals surface area (Å²) in [7, 11) is 0.880. The molecule has 342 valence electrons. The largest absolute Gasteiger partial charge is 0.497 e. The third-order valence-electron chi connectivity index (χ3n) is 11.0. The topological polar surface area (TPSA) is 41.4 Å². The Bertz CT molecular complexity index is 2060. The van der Waals surface area contributed by atoms with Gasteiger partial charge in [0.2, 0.25) is 46.5 Å². The maximum absolute atomic E-state index is 16.3. The van der Waals surface area contributed by atoms with Crippen molar-refractivity contribution in [2.24, 2.45) is 0 Å². The fourth-order valence-electron chi connectivity index (χ4n) is 8.77. The normalized spacial score (nSPS) is 13.5. The molecule has 4 aromatic carbocycles. The SMILES string of the molecule is CC(C)[NH+](C(C)C)C1CCCCC1.COc1c(F)c(F)c(F)c(F)c1[B-](c1c(F)c(F)c(F)c(F)c1OC)(c1c(F)c(F)c(F)c(F)c1OC)c1c(F)c(F)c(F)c(F)c1OC. The summed E-state index contributed by atoms with van der Waals surface area (Å²) < 4.78 is 263. The van der Waals surface area contributed by atoms with Crippen LogP contribution in [0.3, 0.4) is 0 Å². The number of quaternary nitrogens is 1. The number of ether oxygens (including phenoxy) is 4. The minimum absolute atomic E-state index is 0.220. The lowest BCUT2D eigenvalue weighted by Crippen LogP contribution is -3.21. The van der Waals surface area contributed by atoms with E-state index in [9.17, 15) is 17.6 Å². The van der Waals surface area contributed by atoms with E-state index in [1.165, 1.54) is 32.1 Å². The van der Waals surface area contributed by atoms with Crippen molar-refractivity contribution in [2.75, 3.05) is 28.4 Å². The Morgan fingerprint density at radius 1 is 0.355 bits per heavy atom. The van der Waals surface area contributed by atoms with E-state index in [0.29, 0.717) is 0 Å². The van der Waals surface area contributed by atoms with E-state index >= 15 is 52.7 Å². The predicted octanol–water partition coefficient (Wildman–Crippen LogP) is 7.34. The molecule has 0 radical (unpaired) electrons. The quantitative estimate of drug-likeness (QED) is 0.0741. The molecule has 1 saturated carbocycles. The number of benzene rings is 4. The number of halogens is 16. The lowest BCUT2D eigenvalue weighted by atomic mass is 9.12. The maximum Gasteiger partial charge on any atom is 0.201 e. The predicted molar refractivity (Wildman–Crippen MR) is 194 cm³/mol. The molecular weight excluding hydrogens is 873 g/mol. The van der Waals surface area contributed by atoms with Crippen molar-refractivity contribution in [2.45, 2.75) is 77.9 Å². The second-order valence-electron chi connectivity index (χ2n) is 14.8. The van der Waals surface area contributed by atoms with Crippen molar-refractivity contribution in [1.82, 2.24) is 0 Å². The van der Waals surface area contributed by atoms with Crippen LogP contribution in [-0.2, 0) is 0 Å². The Balaban J connectivity index is 0.000000554. The van der Waals surface area contributed by atoms with Gasteiger partial charge in [0, 0.05) is 0 Å². The van der Waals surface area contributed by atoms with Crippen LogP contribution in [0.4, 0.5) is 70.2 Å². The highest BCUT2D eigenvalue weighted by molar-refractivity contribution is 7.21. The minimum atomic E-state index is -6.25. The first-order valence-corrected chi connectivity index (χ1v) is 18.6. The van der Waals surface area contributed by atoms with Gasteiger partial charge in [0.05, 0.1) is 46.6 Å². The summed E-state index contributed by atoms with van der Waals surface area (Å²) in [6.45, 7) is 9.46. The number of hydrogen-bond donors (Lipinski definition) is 1. The third-order valence-corrected chi connectivity index (χ3v) is 11.0. The molecule has 0 atom stereocenters. The summed E-state index contributed by atoms with van der Waals surface area (Å²) in [6.07, 6.45) is 1.08. The summed E-state index contributed by atoms with van der Waals surface area (Å²) in [4.78, 5) is 1.83. The summed E-state index contributed by atoms with van der Waals surface area (Å²) in [5.41, 5.74) is -10.4. The van der Waals surface area contributed by atoms with E-state index < -0.39 is 144 Å². The van der Waals surface area contributed by atoms with Gasteiger partial charge in [-0.05, 0) is 53.4 Å². The molecule has 1 fully saturated rings. The first kappa shape index (κ1) is 49.6. The zero-order valence-electron chi connectivity index (χ0n) is 34.0. The van der Waals surface area contributed by atoms with Crippen LogP contribution in [0.25, 0.3) is 0 Å². The maximum atomic E-state index is 16.3.